The standard InChI is InChI=1S/C11H20N4O2S/c1-11(2,8-12)14-18(16,17)10-7-15-6-4-3-5-9(15)13-10/h7,14H,3-6,8,12H2,1-2H3. The van der Waals surface area contributed by atoms with E-state index in [9.17, 15) is 8.42 Å². The normalized spacial score (nSPS) is 16.6. The van der Waals surface area contributed by atoms with Gasteiger partial charge in [0.1, 0.15) is 5.82 Å². The van der Waals surface area contributed by atoms with Crippen molar-refractivity contribution in [3.8, 4) is 0 Å². The van der Waals surface area contributed by atoms with Gasteiger partial charge in [-0.25, -0.2) is 18.1 Å². The molecule has 0 fully saturated rings. The highest BCUT2D eigenvalue weighted by Crippen LogP contribution is 2.18. The minimum Gasteiger partial charge on any atom is -0.333 e. The second-order valence-electron chi connectivity index (χ2n) is 5.34. The Morgan fingerprint density at radius 2 is 2.22 bits per heavy atom. The molecule has 2 rings (SSSR count). The van der Waals surface area contributed by atoms with E-state index in [2.05, 4.69) is 9.71 Å². The van der Waals surface area contributed by atoms with Gasteiger partial charge in [-0.3, -0.25) is 0 Å². The number of fused-ring (bicyclic) bond motifs is 1. The summed E-state index contributed by atoms with van der Waals surface area (Å²) in [6, 6.07) is 0. The summed E-state index contributed by atoms with van der Waals surface area (Å²) in [5.41, 5.74) is 4.87. The summed E-state index contributed by atoms with van der Waals surface area (Å²) < 4.78 is 28.9. The lowest BCUT2D eigenvalue weighted by Crippen LogP contribution is -2.48. The molecule has 7 heteroatoms. The third kappa shape index (κ3) is 2.73. The van der Waals surface area contributed by atoms with Crippen LogP contribution in [0.15, 0.2) is 11.2 Å². The van der Waals surface area contributed by atoms with Gasteiger partial charge in [-0.2, -0.15) is 0 Å². The molecule has 1 aromatic heterocycles. The van der Waals surface area contributed by atoms with Crippen molar-refractivity contribution in [1.82, 2.24) is 14.3 Å². The quantitative estimate of drug-likeness (QED) is 0.821. The summed E-state index contributed by atoms with van der Waals surface area (Å²) in [4.78, 5) is 4.21. The minimum absolute atomic E-state index is 0.0981. The molecule has 3 N–H and O–H groups in total. The Morgan fingerprint density at radius 1 is 1.50 bits per heavy atom. The molecule has 0 saturated carbocycles. The lowest BCUT2D eigenvalue weighted by atomic mass is 10.1. The van der Waals surface area contributed by atoms with E-state index in [0.717, 1.165) is 31.6 Å². The van der Waals surface area contributed by atoms with Crippen LogP contribution in [0.1, 0.15) is 32.5 Å². The van der Waals surface area contributed by atoms with E-state index in [1.54, 1.807) is 20.0 Å². The number of nitrogens with one attached hydrogen (secondary N) is 1. The van der Waals surface area contributed by atoms with Crippen molar-refractivity contribution >= 4 is 10.0 Å². The number of imidazole rings is 1. The number of aromatic nitrogens is 2. The van der Waals surface area contributed by atoms with Crippen molar-refractivity contribution in [1.29, 1.82) is 0 Å². The summed E-state index contributed by atoms with van der Waals surface area (Å²) in [5.74, 6) is 0.854. The number of nitrogens with zero attached hydrogens (tertiary/aromatic N) is 2. The van der Waals surface area contributed by atoms with Crippen molar-refractivity contribution < 1.29 is 8.42 Å². The van der Waals surface area contributed by atoms with Gasteiger partial charge in [-0.15, -0.1) is 0 Å². The van der Waals surface area contributed by atoms with Gasteiger partial charge in [-0.05, 0) is 26.7 Å². The molecule has 0 radical (unpaired) electrons. The predicted molar refractivity (Wildman–Crippen MR) is 68.6 cm³/mol. The van der Waals surface area contributed by atoms with Crippen molar-refractivity contribution in [3.05, 3.63) is 12.0 Å². The van der Waals surface area contributed by atoms with Gasteiger partial charge in [-0.1, -0.05) is 0 Å². The monoisotopic (exact) mass is 272 g/mol. The highest BCUT2D eigenvalue weighted by atomic mass is 32.2. The van der Waals surface area contributed by atoms with Crippen LogP contribution in [-0.4, -0.2) is 30.1 Å². The molecule has 18 heavy (non-hydrogen) atoms. The van der Waals surface area contributed by atoms with Gasteiger partial charge in [0.05, 0.1) is 0 Å². The molecular formula is C11H20N4O2S. The van der Waals surface area contributed by atoms with Gasteiger partial charge < -0.3 is 10.3 Å². The van der Waals surface area contributed by atoms with E-state index < -0.39 is 15.6 Å². The Bertz CT molecular complexity index is 510. The number of hydrogen-bond acceptors (Lipinski definition) is 4. The van der Waals surface area contributed by atoms with Crippen LogP contribution in [0.4, 0.5) is 0 Å². The third-order valence-electron chi connectivity index (χ3n) is 3.08. The van der Waals surface area contributed by atoms with Crippen molar-refractivity contribution in [2.75, 3.05) is 6.54 Å². The van der Waals surface area contributed by atoms with Gasteiger partial charge in [0, 0.05) is 31.2 Å². The van der Waals surface area contributed by atoms with E-state index in [1.807, 2.05) is 4.57 Å². The van der Waals surface area contributed by atoms with Crippen LogP contribution >= 0.6 is 0 Å². The second-order valence-corrected chi connectivity index (χ2v) is 6.97. The lowest BCUT2D eigenvalue weighted by molar-refractivity contribution is 0.461. The van der Waals surface area contributed by atoms with E-state index in [0.29, 0.717) is 0 Å². The Morgan fingerprint density at radius 3 is 2.83 bits per heavy atom. The van der Waals surface area contributed by atoms with Crippen LogP contribution < -0.4 is 10.5 Å². The van der Waals surface area contributed by atoms with Crippen molar-refractivity contribution in [2.45, 2.75) is 50.2 Å². The fraction of sp³-hybridized carbons (Fsp3) is 0.727. The van der Waals surface area contributed by atoms with Crippen LogP contribution in [-0.2, 0) is 23.0 Å². The maximum absolute atomic E-state index is 12.2. The number of nitrogens with two attached hydrogens (primary N) is 1. The molecule has 2 heterocycles. The average molecular weight is 272 g/mol. The van der Waals surface area contributed by atoms with Crippen LogP contribution in [0.25, 0.3) is 0 Å². The molecule has 102 valence electrons. The number of hydrogen-bond donors (Lipinski definition) is 2. The van der Waals surface area contributed by atoms with Crippen LogP contribution in [0.2, 0.25) is 0 Å². The van der Waals surface area contributed by atoms with Gasteiger partial charge in [0.25, 0.3) is 10.0 Å². The fourth-order valence-corrected chi connectivity index (χ4v) is 3.38. The van der Waals surface area contributed by atoms with Crippen LogP contribution in [0.3, 0.4) is 0 Å². The molecular weight excluding hydrogens is 252 g/mol. The van der Waals surface area contributed by atoms with Gasteiger partial charge in [0.2, 0.25) is 0 Å². The van der Waals surface area contributed by atoms with E-state index in [1.165, 1.54) is 0 Å². The zero-order valence-corrected chi connectivity index (χ0v) is 11.6. The number of aryl methyl sites for hydroxylation is 2. The Labute approximate surface area is 108 Å². The molecule has 0 spiro atoms. The first-order chi connectivity index (χ1) is 8.34. The molecule has 6 nitrogen and oxygen atoms in total. The highest BCUT2D eigenvalue weighted by Gasteiger charge is 2.28. The lowest BCUT2D eigenvalue weighted by Gasteiger charge is -2.22. The van der Waals surface area contributed by atoms with Gasteiger partial charge >= 0.3 is 0 Å². The van der Waals surface area contributed by atoms with Gasteiger partial charge in [0.15, 0.2) is 5.03 Å². The highest BCUT2D eigenvalue weighted by molar-refractivity contribution is 7.89. The molecule has 0 saturated heterocycles. The van der Waals surface area contributed by atoms with Crippen molar-refractivity contribution in [3.63, 3.8) is 0 Å². The Kier molecular flexibility index (Phi) is 3.48. The Hall–Kier alpha value is -0.920. The molecule has 0 aliphatic carbocycles. The second kappa shape index (κ2) is 4.64. The van der Waals surface area contributed by atoms with Crippen molar-refractivity contribution in [2.24, 2.45) is 5.73 Å². The summed E-state index contributed by atoms with van der Waals surface area (Å²) in [6.07, 6.45) is 4.60. The zero-order valence-electron chi connectivity index (χ0n) is 10.8. The topological polar surface area (TPSA) is 90.0 Å². The third-order valence-corrected chi connectivity index (χ3v) is 4.65. The van der Waals surface area contributed by atoms with Crippen LogP contribution in [0.5, 0.6) is 0 Å². The molecule has 0 amide bonds. The summed E-state index contributed by atoms with van der Waals surface area (Å²) in [5, 5.41) is 0.0981. The first kappa shape index (κ1) is 13.5. The SMILES string of the molecule is CC(C)(CN)NS(=O)(=O)c1cn2c(n1)CCCC2. The first-order valence-electron chi connectivity index (χ1n) is 6.14. The average Bonchev–Trinajstić information content (AvgIpc) is 2.72. The van der Waals surface area contributed by atoms with E-state index >= 15 is 0 Å². The van der Waals surface area contributed by atoms with E-state index in [-0.39, 0.29) is 11.6 Å². The molecule has 1 aromatic rings. The molecule has 1 aliphatic heterocycles. The molecule has 0 bridgehead atoms. The molecule has 0 unspecified atom stereocenters. The molecule has 0 atom stereocenters. The first-order valence-corrected chi connectivity index (χ1v) is 7.62. The summed E-state index contributed by atoms with van der Waals surface area (Å²) in [6.45, 7) is 4.58. The fourth-order valence-electron chi connectivity index (χ4n) is 1.97. The Balaban J connectivity index is 2.27. The number of rotatable bonds is 4. The minimum atomic E-state index is -3.59. The maximum atomic E-state index is 12.2. The largest absolute Gasteiger partial charge is 0.333 e. The smallest absolute Gasteiger partial charge is 0.260 e. The molecule has 1 aliphatic rings. The summed E-state index contributed by atoms with van der Waals surface area (Å²) >= 11 is 0. The van der Waals surface area contributed by atoms with E-state index in [4.69, 9.17) is 5.73 Å². The number of sulfonamides is 1. The van der Waals surface area contributed by atoms with Crippen LogP contribution in [0, 0.1) is 0 Å². The molecule has 0 aromatic carbocycles. The predicted octanol–water partition coefficient (Wildman–Crippen LogP) is 0.235. The zero-order chi connectivity index (χ0) is 13.4. The maximum Gasteiger partial charge on any atom is 0.260 e. The summed E-state index contributed by atoms with van der Waals surface area (Å²) in [7, 11) is -3.59.